The number of amides is 1. The summed E-state index contributed by atoms with van der Waals surface area (Å²) in [5.74, 6) is 3.97. The fourth-order valence-electron chi connectivity index (χ4n) is 4.52. The van der Waals surface area contributed by atoms with Crippen LogP contribution in [0.1, 0.15) is 29.2 Å². The maximum Gasteiger partial charge on any atom is 0.277 e. The van der Waals surface area contributed by atoms with E-state index in [9.17, 15) is 4.79 Å². The van der Waals surface area contributed by atoms with Gasteiger partial charge in [0.2, 0.25) is 5.75 Å². The zero-order valence-corrected chi connectivity index (χ0v) is 23.9. The van der Waals surface area contributed by atoms with Crippen molar-refractivity contribution in [1.29, 1.82) is 0 Å². The highest BCUT2D eigenvalue weighted by atomic mass is 16.5. The Morgan fingerprint density at radius 2 is 1.54 bits per heavy atom. The Balaban J connectivity index is 1.43. The minimum atomic E-state index is -0.436. The first-order chi connectivity index (χ1) is 19.9. The van der Waals surface area contributed by atoms with Crippen molar-refractivity contribution >= 4 is 12.1 Å². The molecule has 1 aliphatic heterocycles. The third kappa shape index (κ3) is 6.68. The van der Waals surface area contributed by atoms with E-state index in [2.05, 4.69) is 10.5 Å². The van der Waals surface area contributed by atoms with Crippen molar-refractivity contribution in [2.24, 2.45) is 5.10 Å². The van der Waals surface area contributed by atoms with Crippen molar-refractivity contribution in [2.45, 2.75) is 18.9 Å². The van der Waals surface area contributed by atoms with Crippen molar-refractivity contribution in [2.75, 3.05) is 49.3 Å². The van der Waals surface area contributed by atoms with Crippen molar-refractivity contribution in [3.05, 3.63) is 59.2 Å². The molecule has 11 nitrogen and oxygen atoms in total. The molecule has 0 spiro atoms. The summed E-state index contributed by atoms with van der Waals surface area (Å²) in [5.41, 5.74) is 4.98. The molecule has 0 aromatic heterocycles. The maximum atomic E-state index is 12.4. The molecular weight excluding hydrogens is 532 g/mol. The lowest BCUT2D eigenvalue weighted by Crippen LogP contribution is -2.24. The van der Waals surface area contributed by atoms with E-state index < -0.39 is 5.91 Å². The van der Waals surface area contributed by atoms with E-state index >= 15 is 0 Å². The van der Waals surface area contributed by atoms with E-state index in [0.717, 1.165) is 16.7 Å². The van der Waals surface area contributed by atoms with Gasteiger partial charge in [0.05, 0.1) is 48.9 Å². The van der Waals surface area contributed by atoms with Crippen molar-refractivity contribution in [3.63, 3.8) is 0 Å². The number of carbonyl (C=O) groups excluding carboxylic acids is 1. The predicted molar refractivity (Wildman–Crippen MR) is 152 cm³/mol. The molecule has 1 aliphatic rings. The summed E-state index contributed by atoms with van der Waals surface area (Å²) in [6.45, 7) is -0.262. The van der Waals surface area contributed by atoms with Crippen LogP contribution < -0.4 is 43.3 Å². The van der Waals surface area contributed by atoms with Crippen LogP contribution in [-0.4, -0.2) is 61.4 Å². The number of ether oxygens (including phenoxy) is 8. The van der Waals surface area contributed by atoms with Crippen molar-refractivity contribution in [1.82, 2.24) is 5.43 Å². The molecule has 11 heteroatoms. The van der Waals surface area contributed by atoms with Gasteiger partial charge in [0.15, 0.2) is 29.6 Å². The third-order valence-electron chi connectivity index (χ3n) is 6.53. The molecule has 218 valence electrons. The van der Waals surface area contributed by atoms with Crippen LogP contribution in [0.2, 0.25) is 0 Å². The number of nitrogens with zero attached hydrogens (tertiary/aromatic N) is 1. The van der Waals surface area contributed by atoms with Gasteiger partial charge >= 0.3 is 0 Å². The lowest BCUT2D eigenvalue weighted by Gasteiger charge is -2.29. The SMILES string of the molecule is COc1ccc(/C=N/NC(=O)COc2cc(OC)c3c(c2)OC(c2cc(OC)c(OC)c(OC)c2)CC3)cc1OC. The predicted octanol–water partition coefficient (Wildman–Crippen LogP) is 4.33. The number of hydrazone groups is 1. The van der Waals surface area contributed by atoms with E-state index in [0.29, 0.717) is 58.8 Å². The average Bonchev–Trinajstić information content (AvgIpc) is 3.01. The standard InChI is InChI=1S/C30H34N2O9/c1-34-23-9-7-18(11-26(23)36-3)16-31-32-29(33)17-40-20-14-24(35-2)21-8-10-22(41-25(21)15-20)19-12-27(37-4)30(39-6)28(13-19)38-5/h7,9,11-16,22H,8,10,17H2,1-6H3,(H,32,33)/b31-16+. The molecule has 0 saturated carbocycles. The molecule has 1 unspecified atom stereocenters. The molecule has 41 heavy (non-hydrogen) atoms. The molecule has 3 aromatic rings. The largest absolute Gasteiger partial charge is 0.496 e. The molecule has 0 radical (unpaired) electrons. The van der Waals surface area contributed by atoms with Gasteiger partial charge in [-0.05, 0) is 54.3 Å². The van der Waals surface area contributed by atoms with Gasteiger partial charge in [0.25, 0.3) is 5.91 Å². The first kappa shape index (κ1) is 29.2. The molecular formula is C30H34N2O9. The zero-order chi connectivity index (χ0) is 29.4. The molecule has 0 bridgehead atoms. The summed E-state index contributed by atoms with van der Waals surface area (Å²) in [7, 11) is 9.40. The van der Waals surface area contributed by atoms with E-state index in [1.807, 2.05) is 12.1 Å². The number of methoxy groups -OCH3 is 6. The fourth-order valence-corrected chi connectivity index (χ4v) is 4.52. The summed E-state index contributed by atoms with van der Waals surface area (Å²) in [6.07, 6.45) is 2.65. The van der Waals surface area contributed by atoms with Gasteiger partial charge in [-0.1, -0.05) is 0 Å². The van der Waals surface area contributed by atoms with Gasteiger partial charge in [-0.3, -0.25) is 4.79 Å². The molecule has 0 saturated heterocycles. The normalized spacial score (nSPS) is 14.0. The van der Waals surface area contributed by atoms with Crippen LogP contribution in [-0.2, 0) is 11.2 Å². The number of rotatable bonds is 12. The quantitative estimate of drug-likeness (QED) is 0.253. The maximum absolute atomic E-state index is 12.4. The van der Waals surface area contributed by atoms with Crippen LogP contribution in [0.3, 0.4) is 0 Å². The van der Waals surface area contributed by atoms with Crippen LogP contribution in [0.25, 0.3) is 0 Å². The van der Waals surface area contributed by atoms with E-state index in [-0.39, 0.29) is 12.7 Å². The highest BCUT2D eigenvalue weighted by molar-refractivity contribution is 5.83. The minimum Gasteiger partial charge on any atom is -0.496 e. The topological polar surface area (TPSA) is 115 Å². The Labute approximate surface area is 238 Å². The summed E-state index contributed by atoms with van der Waals surface area (Å²) >= 11 is 0. The zero-order valence-electron chi connectivity index (χ0n) is 23.9. The molecule has 1 N–H and O–H groups in total. The number of hydrogen-bond acceptors (Lipinski definition) is 10. The van der Waals surface area contributed by atoms with E-state index in [1.165, 1.54) is 6.21 Å². The molecule has 1 heterocycles. The van der Waals surface area contributed by atoms with Gasteiger partial charge < -0.3 is 37.9 Å². The first-order valence-electron chi connectivity index (χ1n) is 12.8. The van der Waals surface area contributed by atoms with Crippen LogP contribution in [0.15, 0.2) is 47.6 Å². The minimum absolute atomic E-state index is 0.262. The summed E-state index contributed by atoms with van der Waals surface area (Å²) in [4.78, 5) is 12.4. The van der Waals surface area contributed by atoms with Gasteiger partial charge in [0, 0.05) is 17.7 Å². The van der Waals surface area contributed by atoms with Crippen LogP contribution in [0.4, 0.5) is 0 Å². The Kier molecular flexibility index (Phi) is 9.62. The van der Waals surface area contributed by atoms with E-state index in [1.54, 1.807) is 73.0 Å². The van der Waals surface area contributed by atoms with Crippen molar-refractivity contribution in [3.8, 4) is 46.0 Å². The average molecular weight is 567 g/mol. The molecule has 0 fully saturated rings. The van der Waals surface area contributed by atoms with Gasteiger partial charge in [0.1, 0.15) is 23.4 Å². The second-order valence-corrected chi connectivity index (χ2v) is 8.90. The van der Waals surface area contributed by atoms with Crippen molar-refractivity contribution < 1.29 is 42.7 Å². The van der Waals surface area contributed by atoms with Crippen LogP contribution >= 0.6 is 0 Å². The van der Waals surface area contributed by atoms with Crippen LogP contribution in [0.5, 0.6) is 46.0 Å². The highest BCUT2D eigenvalue weighted by Gasteiger charge is 2.27. The Morgan fingerprint density at radius 1 is 0.854 bits per heavy atom. The summed E-state index contributed by atoms with van der Waals surface area (Å²) in [6, 6.07) is 12.5. The monoisotopic (exact) mass is 566 g/mol. The Hall–Kier alpha value is -4.80. The number of fused-ring (bicyclic) bond motifs is 1. The highest BCUT2D eigenvalue weighted by Crippen LogP contribution is 2.45. The lowest BCUT2D eigenvalue weighted by atomic mass is 9.96. The molecule has 4 rings (SSSR count). The van der Waals surface area contributed by atoms with Crippen LogP contribution in [0, 0.1) is 0 Å². The third-order valence-corrected chi connectivity index (χ3v) is 6.53. The Morgan fingerprint density at radius 3 is 2.17 bits per heavy atom. The number of nitrogens with one attached hydrogen (secondary N) is 1. The first-order valence-corrected chi connectivity index (χ1v) is 12.8. The van der Waals surface area contributed by atoms with E-state index in [4.69, 9.17) is 37.9 Å². The number of hydrogen-bond donors (Lipinski definition) is 1. The second kappa shape index (κ2) is 13.5. The Bertz CT molecular complexity index is 1380. The smallest absolute Gasteiger partial charge is 0.277 e. The lowest BCUT2D eigenvalue weighted by molar-refractivity contribution is -0.123. The van der Waals surface area contributed by atoms with Gasteiger partial charge in [-0.25, -0.2) is 5.43 Å². The number of carbonyl (C=O) groups is 1. The number of benzene rings is 3. The second-order valence-electron chi connectivity index (χ2n) is 8.90. The van der Waals surface area contributed by atoms with Gasteiger partial charge in [-0.2, -0.15) is 5.10 Å². The fraction of sp³-hybridized carbons (Fsp3) is 0.333. The molecule has 0 aliphatic carbocycles. The molecule has 1 amide bonds. The summed E-state index contributed by atoms with van der Waals surface area (Å²) < 4.78 is 44.7. The summed E-state index contributed by atoms with van der Waals surface area (Å²) in [5, 5.41) is 3.99. The molecule has 3 aromatic carbocycles. The van der Waals surface area contributed by atoms with Gasteiger partial charge in [-0.15, -0.1) is 0 Å². The molecule has 1 atom stereocenters.